The van der Waals surface area contributed by atoms with E-state index in [0.29, 0.717) is 6.04 Å². The molecule has 0 aromatic heterocycles. The molecule has 1 saturated carbocycles. The molecule has 0 spiro atoms. The van der Waals surface area contributed by atoms with Crippen molar-refractivity contribution in [2.24, 2.45) is 5.92 Å². The lowest BCUT2D eigenvalue weighted by Gasteiger charge is -2.52. The Morgan fingerprint density at radius 1 is 1.43 bits per heavy atom. The van der Waals surface area contributed by atoms with Gasteiger partial charge in [0.1, 0.15) is 0 Å². The van der Waals surface area contributed by atoms with Gasteiger partial charge in [-0.05, 0) is 25.7 Å². The molecule has 1 saturated heterocycles. The first-order valence-corrected chi connectivity index (χ1v) is 5.52. The Labute approximate surface area is 85.8 Å². The number of rotatable bonds is 2. The summed E-state index contributed by atoms with van der Waals surface area (Å²) in [7, 11) is 0. The Morgan fingerprint density at radius 3 is 2.43 bits per heavy atom. The van der Waals surface area contributed by atoms with E-state index in [4.69, 9.17) is 0 Å². The minimum atomic E-state index is 0.191. The van der Waals surface area contributed by atoms with Crippen molar-refractivity contribution in [2.75, 3.05) is 13.1 Å². The van der Waals surface area contributed by atoms with Crippen molar-refractivity contribution in [3.8, 4) is 0 Å². The first-order valence-electron chi connectivity index (χ1n) is 5.52. The van der Waals surface area contributed by atoms with Crippen molar-refractivity contribution in [1.29, 1.82) is 0 Å². The molecule has 3 heteroatoms. The molecule has 1 N–H and O–H groups in total. The smallest absolute Gasteiger partial charge is 0.219 e. The SMILES string of the molecule is CC(=O)N1CC(C)(NC2CC(C)C2)C1. The van der Waals surface area contributed by atoms with E-state index in [1.165, 1.54) is 12.8 Å². The molecule has 0 atom stereocenters. The summed E-state index contributed by atoms with van der Waals surface area (Å²) in [5.74, 6) is 1.09. The third kappa shape index (κ3) is 1.78. The van der Waals surface area contributed by atoms with Crippen molar-refractivity contribution in [2.45, 2.75) is 45.2 Å². The lowest BCUT2D eigenvalue weighted by molar-refractivity contribution is -0.137. The van der Waals surface area contributed by atoms with Crippen molar-refractivity contribution < 1.29 is 4.79 Å². The molecule has 1 aliphatic carbocycles. The van der Waals surface area contributed by atoms with Crippen LogP contribution in [0.25, 0.3) is 0 Å². The first kappa shape index (κ1) is 9.97. The zero-order chi connectivity index (χ0) is 10.3. The maximum atomic E-state index is 11.0. The zero-order valence-electron chi connectivity index (χ0n) is 9.34. The van der Waals surface area contributed by atoms with Gasteiger partial charge < -0.3 is 10.2 Å². The van der Waals surface area contributed by atoms with Gasteiger partial charge in [0.05, 0.1) is 5.54 Å². The summed E-state index contributed by atoms with van der Waals surface area (Å²) in [6, 6.07) is 0.698. The predicted molar refractivity (Wildman–Crippen MR) is 56.0 cm³/mol. The number of hydrogen-bond donors (Lipinski definition) is 1. The zero-order valence-corrected chi connectivity index (χ0v) is 9.34. The van der Waals surface area contributed by atoms with E-state index < -0.39 is 0 Å². The van der Waals surface area contributed by atoms with Crippen molar-refractivity contribution in [3.05, 3.63) is 0 Å². The van der Waals surface area contributed by atoms with Crippen molar-refractivity contribution in [3.63, 3.8) is 0 Å². The van der Waals surface area contributed by atoms with Crippen molar-refractivity contribution in [1.82, 2.24) is 10.2 Å². The van der Waals surface area contributed by atoms with Gasteiger partial charge in [-0.15, -0.1) is 0 Å². The molecule has 2 rings (SSSR count). The van der Waals surface area contributed by atoms with Crippen LogP contribution in [0.5, 0.6) is 0 Å². The highest BCUT2D eigenvalue weighted by Gasteiger charge is 2.42. The number of likely N-dealkylation sites (tertiary alicyclic amines) is 1. The van der Waals surface area contributed by atoms with Crippen LogP contribution in [0.2, 0.25) is 0 Å². The summed E-state index contributed by atoms with van der Waals surface area (Å²) in [4.78, 5) is 12.9. The normalized spacial score (nSPS) is 34.6. The summed E-state index contributed by atoms with van der Waals surface area (Å²) in [5, 5.41) is 3.65. The Hall–Kier alpha value is -0.570. The Bertz CT molecular complexity index is 240. The lowest BCUT2D eigenvalue weighted by Crippen LogP contribution is -2.71. The summed E-state index contributed by atoms with van der Waals surface area (Å²) in [5.41, 5.74) is 0.191. The lowest BCUT2D eigenvalue weighted by atomic mass is 9.79. The summed E-state index contributed by atoms with van der Waals surface area (Å²) >= 11 is 0. The number of carbonyl (C=O) groups excluding carboxylic acids is 1. The predicted octanol–water partition coefficient (Wildman–Crippen LogP) is 0.995. The van der Waals surface area contributed by atoms with Gasteiger partial charge in [0.25, 0.3) is 0 Å². The highest BCUT2D eigenvalue weighted by atomic mass is 16.2. The second-order valence-electron chi connectivity index (χ2n) is 5.35. The van der Waals surface area contributed by atoms with E-state index in [0.717, 1.165) is 19.0 Å². The average Bonchev–Trinajstić information content (AvgIpc) is 1.96. The van der Waals surface area contributed by atoms with Crippen LogP contribution < -0.4 is 5.32 Å². The Morgan fingerprint density at radius 2 is 2.00 bits per heavy atom. The molecule has 1 heterocycles. The van der Waals surface area contributed by atoms with Crippen LogP contribution in [0.1, 0.15) is 33.6 Å². The molecule has 1 aliphatic heterocycles. The van der Waals surface area contributed by atoms with Crippen LogP contribution in [-0.2, 0) is 4.79 Å². The van der Waals surface area contributed by atoms with Crippen LogP contribution >= 0.6 is 0 Å². The third-order valence-electron chi connectivity index (χ3n) is 3.45. The first-order chi connectivity index (χ1) is 6.48. The van der Waals surface area contributed by atoms with E-state index in [2.05, 4.69) is 19.2 Å². The largest absolute Gasteiger partial charge is 0.339 e. The van der Waals surface area contributed by atoms with Crippen LogP contribution in [0.3, 0.4) is 0 Å². The average molecular weight is 196 g/mol. The fourth-order valence-corrected chi connectivity index (χ4v) is 2.62. The molecule has 1 amide bonds. The summed E-state index contributed by atoms with van der Waals surface area (Å²) < 4.78 is 0. The van der Waals surface area contributed by atoms with Gasteiger partial charge in [0.2, 0.25) is 5.91 Å². The molecule has 14 heavy (non-hydrogen) atoms. The minimum Gasteiger partial charge on any atom is -0.339 e. The van der Waals surface area contributed by atoms with Crippen LogP contribution in [-0.4, -0.2) is 35.5 Å². The van der Waals surface area contributed by atoms with Gasteiger partial charge in [0, 0.05) is 26.1 Å². The van der Waals surface area contributed by atoms with Gasteiger partial charge in [-0.3, -0.25) is 4.79 Å². The number of nitrogens with one attached hydrogen (secondary N) is 1. The summed E-state index contributed by atoms with van der Waals surface area (Å²) in [6.07, 6.45) is 2.60. The molecule has 0 bridgehead atoms. The second-order valence-corrected chi connectivity index (χ2v) is 5.35. The van der Waals surface area contributed by atoms with Crippen LogP contribution in [0.4, 0.5) is 0 Å². The Balaban J connectivity index is 1.75. The molecular weight excluding hydrogens is 176 g/mol. The number of nitrogens with zero attached hydrogens (tertiary/aromatic N) is 1. The monoisotopic (exact) mass is 196 g/mol. The number of carbonyl (C=O) groups is 1. The Kier molecular flexibility index (Phi) is 2.30. The maximum absolute atomic E-state index is 11.0. The highest BCUT2D eigenvalue weighted by Crippen LogP contribution is 2.30. The number of amides is 1. The highest BCUT2D eigenvalue weighted by molar-refractivity contribution is 5.74. The second kappa shape index (κ2) is 3.23. The van der Waals surface area contributed by atoms with E-state index in [-0.39, 0.29) is 11.4 Å². The fourth-order valence-electron chi connectivity index (χ4n) is 2.62. The van der Waals surface area contributed by atoms with E-state index in [9.17, 15) is 4.79 Å². The summed E-state index contributed by atoms with van der Waals surface area (Å²) in [6.45, 7) is 7.92. The molecular formula is C11H20N2O. The van der Waals surface area contributed by atoms with Crippen LogP contribution in [0.15, 0.2) is 0 Å². The van der Waals surface area contributed by atoms with E-state index in [1.807, 2.05) is 4.90 Å². The van der Waals surface area contributed by atoms with Gasteiger partial charge in [0.15, 0.2) is 0 Å². The van der Waals surface area contributed by atoms with E-state index in [1.54, 1.807) is 6.92 Å². The fraction of sp³-hybridized carbons (Fsp3) is 0.909. The molecule has 80 valence electrons. The third-order valence-corrected chi connectivity index (χ3v) is 3.45. The van der Waals surface area contributed by atoms with Gasteiger partial charge >= 0.3 is 0 Å². The molecule has 0 aromatic rings. The molecule has 0 unspecified atom stereocenters. The number of hydrogen-bond acceptors (Lipinski definition) is 2. The molecule has 2 fully saturated rings. The van der Waals surface area contributed by atoms with Gasteiger partial charge in [-0.25, -0.2) is 0 Å². The molecule has 0 aromatic carbocycles. The maximum Gasteiger partial charge on any atom is 0.219 e. The van der Waals surface area contributed by atoms with Gasteiger partial charge in [-0.2, -0.15) is 0 Å². The van der Waals surface area contributed by atoms with Crippen LogP contribution in [0, 0.1) is 5.92 Å². The standard InChI is InChI=1S/C11H20N2O/c1-8-4-10(5-8)12-11(3)6-13(7-11)9(2)14/h8,10,12H,4-7H2,1-3H3. The molecule has 0 radical (unpaired) electrons. The quantitative estimate of drug-likeness (QED) is 0.714. The van der Waals surface area contributed by atoms with E-state index >= 15 is 0 Å². The topological polar surface area (TPSA) is 32.3 Å². The molecule has 2 aliphatic rings. The van der Waals surface area contributed by atoms with Gasteiger partial charge in [-0.1, -0.05) is 6.92 Å². The molecule has 3 nitrogen and oxygen atoms in total. The van der Waals surface area contributed by atoms with Crippen molar-refractivity contribution >= 4 is 5.91 Å². The minimum absolute atomic E-state index is 0.191.